The Morgan fingerprint density at radius 3 is 1.84 bits per heavy atom. The van der Waals surface area contributed by atoms with Crippen molar-refractivity contribution < 1.29 is 33.6 Å². The van der Waals surface area contributed by atoms with Crippen LogP contribution in [-0.2, 0) is 41.7 Å². The average Bonchev–Trinajstić information content (AvgIpc) is 3.13. The highest BCUT2D eigenvalue weighted by Gasteiger charge is 2.49. The van der Waals surface area contributed by atoms with Gasteiger partial charge < -0.3 is 28.8 Å². The lowest BCUT2D eigenvalue weighted by molar-refractivity contribution is -0.171. The summed E-state index contributed by atoms with van der Waals surface area (Å²) in [5.41, 5.74) is 1.95. The van der Waals surface area contributed by atoms with E-state index in [4.69, 9.17) is 23.7 Å². The zero-order valence-electron chi connectivity index (χ0n) is 18.8. The Kier molecular flexibility index (Phi) is 8.78. The van der Waals surface area contributed by atoms with Crippen LogP contribution >= 0.6 is 0 Å². The summed E-state index contributed by atoms with van der Waals surface area (Å²) < 4.78 is 29.3. The Bertz CT molecular complexity index is 825. The van der Waals surface area contributed by atoms with E-state index in [1.165, 1.54) is 7.11 Å². The molecule has 3 rings (SSSR count). The third-order valence-corrected chi connectivity index (χ3v) is 5.29. The van der Waals surface area contributed by atoms with Gasteiger partial charge >= 0.3 is 5.97 Å². The van der Waals surface area contributed by atoms with Crippen molar-refractivity contribution in [3.8, 4) is 0 Å². The summed E-state index contributed by atoms with van der Waals surface area (Å²) in [5, 5.41) is 10.1. The molecule has 1 fully saturated rings. The smallest absolute Gasteiger partial charge is 0.308 e. The van der Waals surface area contributed by atoms with Crippen molar-refractivity contribution >= 4 is 5.97 Å². The topological polar surface area (TPSA) is 83.5 Å². The summed E-state index contributed by atoms with van der Waals surface area (Å²) in [6.45, 7) is 3.92. The van der Waals surface area contributed by atoms with Crippen LogP contribution in [-0.4, -0.2) is 55.0 Å². The van der Waals surface area contributed by atoms with Gasteiger partial charge in [-0.25, -0.2) is 0 Å². The predicted octanol–water partition coefficient (Wildman–Crippen LogP) is 3.23. The van der Waals surface area contributed by atoms with Crippen LogP contribution in [0.5, 0.6) is 0 Å². The quantitative estimate of drug-likeness (QED) is 0.533. The number of methoxy groups -OCH3 is 1. The second-order valence-corrected chi connectivity index (χ2v) is 8.20. The van der Waals surface area contributed by atoms with Crippen molar-refractivity contribution in [3.05, 3.63) is 71.8 Å². The van der Waals surface area contributed by atoms with E-state index >= 15 is 0 Å². The number of ether oxygens (including phenoxy) is 5. The molecule has 0 saturated carbocycles. The molecule has 1 saturated heterocycles. The number of benzene rings is 2. The average molecular weight is 445 g/mol. The van der Waals surface area contributed by atoms with E-state index in [2.05, 4.69) is 0 Å². The number of carbonyl (C=O) groups excluding carboxylic acids is 1. The Morgan fingerprint density at radius 2 is 1.38 bits per heavy atom. The number of carbonyl (C=O) groups is 1. The Hall–Kier alpha value is -2.29. The van der Waals surface area contributed by atoms with Gasteiger partial charge in [-0.1, -0.05) is 60.7 Å². The molecule has 1 N–H and O–H groups in total. The van der Waals surface area contributed by atoms with Gasteiger partial charge in [0.1, 0.15) is 18.3 Å². The van der Waals surface area contributed by atoms with Crippen molar-refractivity contribution in [2.75, 3.05) is 13.7 Å². The lowest BCUT2D eigenvalue weighted by atomic mass is 10.0. The first-order chi connectivity index (χ1) is 15.4. The molecule has 0 aliphatic carbocycles. The second-order valence-electron chi connectivity index (χ2n) is 8.20. The maximum atomic E-state index is 12.1. The lowest BCUT2D eigenvalue weighted by Gasteiger charge is -2.30. The molecule has 1 aliphatic heterocycles. The number of hydrogen-bond acceptors (Lipinski definition) is 7. The molecule has 174 valence electrons. The molecular formula is C25H32O7. The van der Waals surface area contributed by atoms with Gasteiger partial charge in [0.05, 0.1) is 39.5 Å². The fourth-order valence-electron chi connectivity index (χ4n) is 3.72. The molecule has 1 heterocycles. The highest BCUT2D eigenvalue weighted by Crippen LogP contribution is 2.35. The Balaban J connectivity index is 1.76. The number of aliphatic hydroxyl groups excluding tert-OH is 1. The summed E-state index contributed by atoms with van der Waals surface area (Å²) in [6, 6.07) is 19.4. The molecule has 0 bridgehead atoms. The fourth-order valence-corrected chi connectivity index (χ4v) is 3.72. The summed E-state index contributed by atoms with van der Waals surface area (Å²) >= 11 is 0. The molecular weight excluding hydrogens is 412 g/mol. The third kappa shape index (κ3) is 6.85. The minimum atomic E-state index is -0.927. The van der Waals surface area contributed by atoms with E-state index in [0.717, 1.165) is 11.1 Å². The van der Waals surface area contributed by atoms with E-state index in [0.29, 0.717) is 13.2 Å². The summed E-state index contributed by atoms with van der Waals surface area (Å²) in [7, 11) is 1.34. The number of hydrogen-bond donors (Lipinski definition) is 1. The minimum Gasteiger partial charge on any atom is -0.469 e. The zero-order valence-corrected chi connectivity index (χ0v) is 18.8. The van der Waals surface area contributed by atoms with Gasteiger partial charge in [-0.15, -0.1) is 0 Å². The molecule has 7 heteroatoms. The third-order valence-electron chi connectivity index (χ3n) is 5.29. The largest absolute Gasteiger partial charge is 0.469 e. The van der Waals surface area contributed by atoms with Crippen molar-refractivity contribution in [2.24, 2.45) is 0 Å². The van der Waals surface area contributed by atoms with Crippen LogP contribution in [0.25, 0.3) is 0 Å². The molecule has 0 aromatic heterocycles. The zero-order chi connectivity index (χ0) is 23.0. The summed E-state index contributed by atoms with van der Waals surface area (Å²) in [6.07, 6.45) is -2.60. The summed E-state index contributed by atoms with van der Waals surface area (Å²) in [4.78, 5) is 12.1. The SMILES string of the molecule is COC(=O)C[C@@H](OCc1ccccc1)[C@@H]1OC(C)(C)O[C@@H]1[C@H](CO)OCc1ccccc1. The van der Waals surface area contributed by atoms with E-state index in [-0.39, 0.29) is 13.0 Å². The van der Waals surface area contributed by atoms with Crippen LogP contribution in [0.1, 0.15) is 31.4 Å². The molecule has 2 aromatic carbocycles. The van der Waals surface area contributed by atoms with Crippen LogP contribution in [0.4, 0.5) is 0 Å². The maximum absolute atomic E-state index is 12.1. The van der Waals surface area contributed by atoms with E-state index < -0.39 is 36.2 Å². The molecule has 0 unspecified atom stereocenters. The van der Waals surface area contributed by atoms with E-state index in [1.807, 2.05) is 60.7 Å². The number of esters is 1. The van der Waals surface area contributed by atoms with Gasteiger partial charge in [0, 0.05) is 0 Å². The molecule has 32 heavy (non-hydrogen) atoms. The molecule has 1 aliphatic rings. The Labute approximate surface area is 189 Å². The standard InChI is InChI=1S/C25H32O7/c1-25(2)31-23(20(14-22(27)28-3)29-16-18-10-6-4-7-11-18)24(32-25)21(15-26)30-17-19-12-8-5-9-13-19/h4-13,20-21,23-24,26H,14-17H2,1-3H3/t20-,21+,23+,24-/m1/s1. The fraction of sp³-hybridized carbons (Fsp3) is 0.480. The number of aliphatic hydroxyl groups is 1. The molecule has 4 atom stereocenters. The highest BCUT2D eigenvalue weighted by molar-refractivity contribution is 5.69. The van der Waals surface area contributed by atoms with Crippen LogP contribution < -0.4 is 0 Å². The molecule has 0 amide bonds. The molecule has 0 radical (unpaired) electrons. The van der Waals surface area contributed by atoms with Gasteiger partial charge in [-0.05, 0) is 25.0 Å². The lowest BCUT2D eigenvalue weighted by Crippen LogP contribution is -2.46. The second kappa shape index (κ2) is 11.5. The first kappa shape index (κ1) is 24.4. The van der Waals surface area contributed by atoms with Crippen LogP contribution in [0.15, 0.2) is 60.7 Å². The minimum absolute atomic E-state index is 0.0131. The monoisotopic (exact) mass is 444 g/mol. The highest BCUT2D eigenvalue weighted by atomic mass is 16.8. The normalized spacial score (nSPS) is 21.8. The maximum Gasteiger partial charge on any atom is 0.308 e. The van der Waals surface area contributed by atoms with Crippen molar-refractivity contribution in [1.82, 2.24) is 0 Å². The number of rotatable bonds is 11. The molecule has 7 nitrogen and oxygen atoms in total. The molecule has 2 aromatic rings. The van der Waals surface area contributed by atoms with Gasteiger partial charge in [0.25, 0.3) is 0 Å². The van der Waals surface area contributed by atoms with E-state index in [9.17, 15) is 9.90 Å². The molecule has 0 spiro atoms. The van der Waals surface area contributed by atoms with Gasteiger partial charge in [0.2, 0.25) is 0 Å². The summed E-state index contributed by atoms with van der Waals surface area (Å²) in [5.74, 6) is -1.34. The van der Waals surface area contributed by atoms with Crippen molar-refractivity contribution in [2.45, 2.75) is 63.7 Å². The van der Waals surface area contributed by atoms with E-state index in [1.54, 1.807) is 13.8 Å². The first-order valence-electron chi connectivity index (χ1n) is 10.8. The van der Waals surface area contributed by atoms with Crippen molar-refractivity contribution in [1.29, 1.82) is 0 Å². The first-order valence-corrected chi connectivity index (χ1v) is 10.8. The van der Waals surface area contributed by atoms with Crippen molar-refractivity contribution in [3.63, 3.8) is 0 Å². The Morgan fingerprint density at radius 1 is 0.906 bits per heavy atom. The van der Waals surface area contributed by atoms with Crippen LogP contribution in [0.2, 0.25) is 0 Å². The van der Waals surface area contributed by atoms with Gasteiger partial charge in [-0.2, -0.15) is 0 Å². The predicted molar refractivity (Wildman–Crippen MR) is 118 cm³/mol. The van der Waals surface area contributed by atoms with Gasteiger partial charge in [-0.3, -0.25) is 4.79 Å². The van der Waals surface area contributed by atoms with Gasteiger partial charge in [0.15, 0.2) is 5.79 Å². The van der Waals surface area contributed by atoms with Crippen LogP contribution in [0.3, 0.4) is 0 Å². The van der Waals surface area contributed by atoms with Crippen LogP contribution in [0, 0.1) is 0 Å².